The van der Waals surface area contributed by atoms with Crippen molar-refractivity contribution in [3.8, 4) is 17.2 Å². The Morgan fingerprint density at radius 2 is 1.67 bits per heavy atom. The number of aromatic hydroxyl groups is 1. The van der Waals surface area contributed by atoms with Gasteiger partial charge in [0.25, 0.3) is 5.91 Å². The molecule has 0 aromatic heterocycles. The summed E-state index contributed by atoms with van der Waals surface area (Å²) in [5.74, 6) is -1.86. The van der Waals surface area contributed by atoms with Gasteiger partial charge in [-0.1, -0.05) is 54.6 Å². The maximum Gasteiger partial charge on any atom is 0.331 e. The van der Waals surface area contributed by atoms with Gasteiger partial charge in [0.1, 0.15) is 35.1 Å². The minimum atomic E-state index is -1.14. The van der Waals surface area contributed by atoms with E-state index < -0.39 is 54.4 Å². The van der Waals surface area contributed by atoms with Crippen molar-refractivity contribution in [2.75, 3.05) is 11.9 Å². The number of aliphatic hydroxyl groups excluding tert-OH is 2. The highest BCUT2D eigenvalue weighted by Gasteiger charge is 2.54. The number of phenols is 1. The first kappa shape index (κ1) is 37.1. The third-order valence-corrected chi connectivity index (χ3v) is 11.0. The number of amides is 1. The summed E-state index contributed by atoms with van der Waals surface area (Å²) in [5, 5.41) is 36.8. The SMILES string of the molecule is Cc1cc(O)c2c(c1)C1OC(=O)[C@H](Cc3ccc(NC(=O)COc4ccc5ccccc5c4)cc3)N1C1=C2C(=O)c2cccc(O[C@H]3C[C@@H](O)[C@@H](O)[C@H](C)O3)c2C1=O. The van der Waals surface area contributed by atoms with Crippen LogP contribution >= 0.6 is 0 Å². The second kappa shape index (κ2) is 14.4. The molecule has 3 aliphatic heterocycles. The van der Waals surface area contributed by atoms with Crippen LogP contribution in [0.15, 0.2) is 103 Å². The van der Waals surface area contributed by atoms with E-state index in [0.29, 0.717) is 28.1 Å². The van der Waals surface area contributed by atoms with Crippen LogP contribution in [0.5, 0.6) is 17.2 Å². The lowest BCUT2D eigenvalue weighted by Gasteiger charge is -2.39. The molecule has 0 bridgehead atoms. The Hall–Kier alpha value is -6.54. The number of phenolic OH excluding ortho intramolecular Hbond substituents is 1. The fourth-order valence-electron chi connectivity index (χ4n) is 8.25. The monoisotopic (exact) mass is 782 g/mol. The molecule has 13 nitrogen and oxygen atoms in total. The molecule has 1 aliphatic carbocycles. The average Bonchev–Trinajstić information content (AvgIpc) is 3.53. The number of aryl methyl sites for hydroxylation is 1. The molecule has 2 saturated heterocycles. The number of allylic oxidation sites excluding steroid dienone is 2. The van der Waals surface area contributed by atoms with E-state index in [2.05, 4.69) is 5.32 Å². The highest BCUT2D eigenvalue weighted by Crippen LogP contribution is 2.52. The number of Topliss-reactive ketones (excluding diaryl/α,β-unsaturated/α-hetero) is 2. The number of ketones is 2. The number of hydrogen-bond acceptors (Lipinski definition) is 12. The third-order valence-electron chi connectivity index (χ3n) is 11.0. The van der Waals surface area contributed by atoms with Gasteiger partial charge in [-0.15, -0.1) is 0 Å². The number of aliphatic hydroxyl groups is 2. The van der Waals surface area contributed by atoms with Crippen LogP contribution in [-0.4, -0.2) is 80.9 Å². The molecule has 4 aliphatic rings. The van der Waals surface area contributed by atoms with Crippen molar-refractivity contribution in [2.24, 2.45) is 0 Å². The van der Waals surface area contributed by atoms with Crippen LogP contribution in [0.4, 0.5) is 5.69 Å². The second-order valence-corrected chi connectivity index (χ2v) is 15.0. The van der Waals surface area contributed by atoms with Gasteiger partial charge in [0.05, 0.1) is 23.3 Å². The van der Waals surface area contributed by atoms with E-state index in [4.69, 9.17) is 18.9 Å². The summed E-state index contributed by atoms with van der Waals surface area (Å²) >= 11 is 0. The zero-order valence-corrected chi connectivity index (χ0v) is 31.4. The molecule has 0 spiro atoms. The van der Waals surface area contributed by atoms with Crippen LogP contribution in [0.2, 0.25) is 0 Å². The number of benzene rings is 5. The van der Waals surface area contributed by atoms with E-state index in [1.165, 1.54) is 23.1 Å². The quantitative estimate of drug-likeness (QED) is 0.148. The molecule has 9 rings (SSSR count). The molecule has 4 N–H and O–H groups in total. The Kier molecular flexibility index (Phi) is 9.23. The summed E-state index contributed by atoms with van der Waals surface area (Å²) in [6.45, 7) is 3.13. The molecule has 294 valence electrons. The number of nitrogens with one attached hydrogen (secondary N) is 1. The van der Waals surface area contributed by atoms with Gasteiger partial charge >= 0.3 is 5.97 Å². The van der Waals surface area contributed by atoms with Gasteiger partial charge in [-0.05, 0) is 78.2 Å². The smallest absolute Gasteiger partial charge is 0.331 e. The van der Waals surface area contributed by atoms with E-state index in [1.807, 2.05) is 36.4 Å². The summed E-state index contributed by atoms with van der Waals surface area (Å²) < 4.78 is 23.6. The number of fused-ring (bicyclic) bond motifs is 7. The standard InChI is InChI=1S/C45H38N2O11/c1-22-16-30-37(32(48)17-22)39-40(43(53)38-29(42(39)52)8-5-9-34(38)57-36-20-33(49)41(51)23(2)56-36)47-31(45(54)58-44(30)47)18-24-10-13-27(14-11-24)46-35(50)21-55-28-15-12-25-6-3-4-7-26(25)19-28/h3-17,19,23,31,33,36,41,44,48-49,51H,18,20-21H2,1-2H3,(H,46,50)/t23-,31-,33+,36-,41-,44?/m0/s1. The lowest BCUT2D eigenvalue weighted by atomic mass is 9.78. The lowest BCUT2D eigenvalue weighted by molar-refractivity contribution is -0.216. The minimum Gasteiger partial charge on any atom is -0.507 e. The maximum absolute atomic E-state index is 14.9. The fraction of sp³-hybridized carbons (Fsp3) is 0.244. The molecule has 2 fully saturated rings. The molecule has 3 heterocycles. The van der Waals surface area contributed by atoms with Gasteiger partial charge in [-0.25, -0.2) is 4.79 Å². The highest BCUT2D eigenvalue weighted by molar-refractivity contribution is 6.41. The van der Waals surface area contributed by atoms with E-state index in [9.17, 15) is 34.5 Å². The number of rotatable bonds is 8. The Labute approximate surface area is 332 Å². The van der Waals surface area contributed by atoms with Gasteiger partial charge in [0, 0.05) is 35.2 Å². The fourth-order valence-corrected chi connectivity index (χ4v) is 8.25. The van der Waals surface area contributed by atoms with Gasteiger partial charge in [0.2, 0.25) is 18.3 Å². The van der Waals surface area contributed by atoms with E-state index in [0.717, 1.165) is 10.8 Å². The zero-order valence-electron chi connectivity index (χ0n) is 31.4. The summed E-state index contributed by atoms with van der Waals surface area (Å²) in [6.07, 6.45) is -5.24. The van der Waals surface area contributed by atoms with Crippen molar-refractivity contribution < 1.29 is 53.4 Å². The molecule has 6 atom stereocenters. The summed E-state index contributed by atoms with van der Waals surface area (Å²) in [4.78, 5) is 57.5. The summed E-state index contributed by atoms with van der Waals surface area (Å²) in [6, 6.07) is 27.0. The van der Waals surface area contributed by atoms with Crippen LogP contribution in [0.1, 0.15) is 62.5 Å². The number of carbonyl (C=O) groups excluding carboxylic acids is 4. The molecule has 58 heavy (non-hydrogen) atoms. The van der Waals surface area contributed by atoms with Crippen LogP contribution in [0.3, 0.4) is 0 Å². The third kappa shape index (κ3) is 6.42. The van der Waals surface area contributed by atoms with Crippen molar-refractivity contribution in [1.82, 2.24) is 4.90 Å². The van der Waals surface area contributed by atoms with Crippen molar-refractivity contribution in [2.45, 2.75) is 63.6 Å². The molecular weight excluding hydrogens is 744 g/mol. The molecule has 0 saturated carbocycles. The molecule has 1 amide bonds. The highest BCUT2D eigenvalue weighted by atomic mass is 16.7. The summed E-state index contributed by atoms with van der Waals surface area (Å²) in [5.41, 5.74) is 2.08. The number of esters is 1. The van der Waals surface area contributed by atoms with E-state index in [1.54, 1.807) is 56.3 Å². The van der Waals surface area contributed by atoms with Gasteiger partial charge < -0.3 is 44.5 Å². The maximum atomic E-state index is 14.9. The zero-order chi connectivity index (χ0) is 40.4. The van der Waals surface area contributed by atoms with E-state index >= 15 is 0 Å². The Balaban J connectivity index is 0.990. The number of anilines is 1. The lowest BCUT2D eigenvalue weighted by Crippen LogP contribution is -2.48. The molecule has 5 aromatic rings. The first-order valence-corrected chi connectivity index (χ1v) is 18.9. The van der Waals surface area contributed by atoms with Crippen LogP contribution < -0.4 is 14.8 Å². The second-order valence-electron chi connectivity index (χ2n) is 15.0. The minimum absolute atomic E-state index is 0.0157. The normalized spacial score (nSPS) is 23.4. The van der Waals surface area contributed by atoms with Crippen molar-refractivity contribution in [3.05, 3.63) is 136 Å². The molecular formula is C45H38N2O11. The van der Waals surface area contributed by atoms with Crippen molar-refractivity contribution >= 4 is 45.5 Å². The number of carbonyl (C=O) groups is 4. The molecule has 1 unspecified atom stereocenters. The van der Waals surface area contributed by atoms with Gasteiger partial charge in [0.15, 0.2) is 12.4 Å². The largest absolute Gasteiger partial charge is 0.507 e. The van der Waals surface area contributed by atoms with Crippen LogP contribution in [0, 0.1) is 6.92 Å². The topological polar surface area (TPSA) is 181 Å². The summed E-state index contributed by atoms with van der Waals surface area (Å²) in [7, 11) is 0. The first-order chi connectivity index (χ1) is 27.9. The average molecular weight is 783 g/mol. The predicted octanol–water partition coefficient (Wildman–Crippen LogP) is 5.38. The molecule has 5 aromatic carbocycles. The van der Waals surface area contributed by atoms with E-state index in [-0.39, 0.29) is 64.8 Å². The Morgan fingerprint density at radius 1 is 0.897 bits per heavy atom. The van der Waals surface area contributed by atoms with Crippen molar-refractivity contribution in [1.29, 1.82) is 0 Å². The van der Waals surface area contributed by atoms with Crippen LogP contribution in [-0.2, 0) is 25.5 Å². The molecule has 0 radical (unpaired) electrons. The number of hydrogen-bond donors (Lipinski definition) is 4. The molecule has 13 heteroatoms. The first-order valence-electron chi connectivity index (χ1n) is 18.9. The Morgan fingerprint density at radius 3 is 2.45 bits per heavy atom. The van der Waals surface area contributed by atoms with Gasteiger partial charge in [-0.3, -0.25) is 14.4 Å². The van der Waals surface area contributed by atoms with Crippen LogP contribution in [0.25, 0.3) is 16.3 Å². The number of nitrogens with zero attached hydrogens (tertiary/aromatic N) is 1. The predicted molar refractivity (Wildman–Crippen MR) is 209 cm³/mol. The van der Waals surface area contributed by atoms with Crippen molar-refractivity contribution in [3.63, 3.8) is 0 Å². The van der Waals surface area contributed by atoms with Gasteiger partial charge in [-0.2, -0.15) is 0 Å². The Bertz CT molecular complexity index is 2550. The number of ether oxygens (including phenoxy) is 4.